The van der Waals surface area contributed by atoms with Crippen molar-refractivity contribution in [2.24, 2.45) is 5.41 Å². The van der Waals surface area contributed by atoms with Crippen molar-refractivity contribution in [1.29, 1.82) is 0 Å². The summed E-state index contributed by atoms with van der Waals surface area (Å²) in [5.74, 6) is -2.47. The van der Waals surface area contributed by atoms with E-state index in [0.29, 0.717) is 25.9 Å². The van der Waals surface area contributed by atoms with Crippen LogP contribution in [-0.4, -0.2) is 19.0 Å². The van der Waals surface area contributed by atoms with Gasteiger partial charge in [0.1, 0.15) is 0 Å². The van der Waals surface area contributed by atoms with Crippen molar-refractivity contribution in [2.75, 3.05) is 13.1 Å². The lowest BCUT2D eigenvalue weighted by atomic mass is 9.73. The van der Waals surface area contributed by atoms with E-state index in [2.05, 4.69) is 5.32 Å². The zero-order valence-corrected chi connectivity index (χ0v) is 9.02. The quantitative estimate of drug-likeness (QED) is 0.744. The van der Waals surface area contributed by atoms with E-state index in [-0.39, 0.29) is 18.8 Å². The van der Waals surface area contributed by atoms with Crippen LogP contribution in [0.1, 0.15) is 33.1 Å². The zero-order valence-electron chi connectivity index (χ0n) is 8.20. The molecule has 1 N–H and O–H groups in total. The SMILES string of the molecule is CCC1(CC)CNCCC1(F)F.Cl. The Morgan fingerprint density at radius 2 is 1.77 bits per heavy atom. The van der Waals surface area contributed by atoms with E-state index in [1.54, 1.807) is 0 Å². The van der Waals surface area contributed by atoms with Crippen molar-refractivity contribution in [3.8, 4) is 0 Å². The normalized spacial score (nSPS) is 24.9. The van der Waals surface area contributed by atoms with Crippen LogP contribution < -0.4 is 5.32 Å². The number of nitrogens with one attached hydrogen (secondary N) is 1. The van der Waals surface area contributed by atoms with Gasteiger partial charge in [-0.25, -0.2) is 8.78 Å². The van der Waals surface area contributed by atoms with Gasteiger partial charge >= 0.3 is 0 Å². The van der Waals surface area contributed by atoms with Gasteiger partial charge in [0.15, 0.2) is 0 Å². The molecule has 0 amide bonds. The van der Waals surface area contributed by atoms with Crippen molar-refractivity contribution in [2.45, 2.75) is 39.0 Å². The van der Waals surface area contributed by atoms with Crippen molar-refractivity contribution < 1.29 is 8.78 Å². The van der Waals surface area contributed by atoms with Gasteiger partial charge in [0.25, 0.3) is 5.92 Å². The Hall–Kier alpha value is 0.110. The number of alkyl halides is 2. The molecule has 0 bridgehead atoms. The first-order valence-corrected chi connectivity index (χ1v) is 4.66. The Labute approximate surface area is 84.7 Å². The maximum Gasteiger partial charge on any atom is 0.256 e. The number of hydrogen-bond acceptors (Lipinski definition) is 1. The first-order valence-electron chi connectivity index (χ1n) is 4.66. The minimum Gasteiger partial charge on any atom is -0.316 e. The summed E-state index contributed by atoms with van der Waals surface area (Å²) in [6.07, 6.45) is 1.11. The highest BCUT2D eigenvalue weighted by Crippen LogP contribution is 2.45. The lowest BCUT2D eigenvalue weighted by Gasteiger charge is -2.43. The number of piperidine rings is 1. The molecule has 13 heavy (non-hydrogen) atoms. The highest BCUT2D eigenvalue weighted by Gasteiger charge is 2.52. The molecule has 1 aliphatic heterocycles. The van der Waals surface area contributed by atoms with Gasteiger partial charge in [-0.3, -0.25) is 0 Å². The third kappa shape index (κ3) is 2.13. The molecular weight excluding hydrogens is 196 g/mol. The van der Waals surface area contributed by atoms with Crippen LogP contribution in [0.5, 0.6) is 0 Å². The maximum atomic E-state index is 13.5. The van der Waals surface area contributed by atoms with Crippen LogP contribution in [0.3, 0.4) is 0 Å². The Morgan fingerprint density at radius 1 is 1.23 bits per heavy atom. The van der Waals surface area contributed by atoms with Crippen LogP contribution in [-0.2, 0) is 0 Å². The van der Waals surface area contributed by atoms with Crippen LogP contribution in [0.25, 0.3) is 0 Å². The summed E-state index contributed by atoms with van der Waals surface area (Å²) in [6.45, 7) is 4.62. The first-order chi connectivity index (χ1) is 5.58. The summed E-state index contributed by atoms with van der Waals surface area (Å²) in [5.41, 5.74) is -0.786. The fourth-order valence-electron chi connectivity index (χ4n) is 1.98. The summed E-state index contributed by atoms with van der Waals surface area (Å²) < 4.78 is 27.0. The molecule has 4 heteroatoms. The first kappa shape index (κ1) is 13.1. The second-order valence-corrected chi connectivity index (χ2v) is 3.62. The lowest BCUT2D eigenvalue weighted by molar-refractivity contribution is -0.145. The third-order valence-electron chi connectivity index (χ3n) is 3.21. The highest BCUT2D eigenvalue weighted by atomic mass is 35.5. The van der Waals surface area contributed by atoms with Crippen molar-refractivity contribution in [1.82, 2.24) is 5.32 Å². The van der Waals surface area contributed by atoms with Crippen LogP contribution >= 0.6 is 12.4 Å². The molecule has 0 aromatic rings. The molecule has 0 spiro atoms. The predicted molar refractivity (Wildman–Crippen MR) is 52.7 cm³/mol. The van der Waals surface area contributed by atoms with Gasteiger partial charge in [0, 0.05) is 24.9 Å². The summed E-state index contributed by atoms with van der Waals surface area (Å²) in [7, 11) is 0. The smallest absolute Gasteiger partial charge is 0.256 e. The molecule has 0 aromatic heterocycles. The lowest BCUT2D eigenvalue weighted by Crippen LogP contribution is -2.53. The topological polar surface area (TPSA) is 12.0 Å². The Bertz CT molecular complexity index is 158. The molecule has 1 fully saturated rings. The second kappa shape index (κ2) is 4.56. The van der Waals surface area contributed by atoms with Gasteiger partial charge in [0.2, 0.25) is 0 Å². The van der Waals surface area contributed by atoms with Gasteiger partial charge in [0.05, 0.1) is 0 Å². The van der Waals surface area contributed by atoms with E-state index in [1.807, 2.05) is 13.8 Å². The molecular formula is C9H18ClF2N. The maximum absolute atomic E-state index is 13.5. The summed E-state index contributed by atoms with van der Waals surface area (Å²) in [5, 5.41) is 3.05. The van der Waals surface area contributed by atoms with Crippen LogP contribution in [0, 0.1) is 5.41 Å². The van der Waals surface area contributed by atoms with Crippen LogP contribution in [0.15, 0.2) is 0 Å². The number of hydrogen-bond donors (Lipinski definition) is 1. The summed E-state index contributed by atoms with van der Waals surface area (Å²) in [6, 6.07) is 0. The molecule has 0 atom stereocenters. The Morgan fingerprint density at radius 3 is 2.08 bits per heavy atom. The highest BCUT2D eigenvalue weighted by molar-refractivity contribution is 5.85. The standard InChI is InChI=1S/C9H17F2N.ClH/c1-3-8(4-2)7-12-6-5-9(8,10)11;/h12H,3-7H2,1-2H3;1H. The largest absolute Gasteiger partial charge is 0.316 e. The van der Waals surface area contributed by atoms with E-state index in [0.717, 1.165) is 0 Å². The molecule has 0 aromatic carbocycles. The average Bonchev–Trinajstić information content (AvgIpc) is 2.05. The number of rotatable bonds is 2. The predicted octanol–water partition coefficient (Wildman–Crippen LogP) is 2.84. The molecule has 1 saturated heterocycles. The molecule has 1 heterocycles. The monoisotopic (exact) mass is 213 g/mol. The van der Waals surface area contributed by atoms with Crippen molar-refractivity contribution in [3.63, 3.8) is 0 Å². The van der Waals surface area contributed by atoms with Gasteiger partial charge < -0.3 is 5.32 Å². The van der Waals surface area contributed by atoms with Crippen molar-refractivity contribution in [3.05, 3.63) is 0 Å². The molecule has 0 unspecified atom stereocenters. The number of halogens is 3. The molecule has 0 aliphatic carbocycles. The fraction of sp³-hybridized carbons (Fsp3) is 1.00. The molecule has 80 valence electrons. The van der Waals surface area contributed by atoms with E-state index >= 15 is 0 Å². The van der Waals surface area contributed by atoms with Gasteiger partial charge in [-0.15, -0.1) is 12.4 Å². The van der Waals surface area contributed by atoms with Gasteiger partial charge in [-0.2, -0.15) is 0 Å². The summed E-state index contributed by atoms with van der Waals surface area (Å²) >= 11 is 0. The Balaban J connectivity index is 0.00000144. The van der Waals surface area contributed by atoms with E-state index in [1.165, 1.54) is 0 Å². The fourth-order valence-corrected chi connectivity index (χ4v) is 1.98. The van der Waals surface area contributed by atoms with E-state index in [4.69, 9.17) is 0 Å². The molecule has 1 rings (SSSR count). The van der Waals surface area contributed by atoms with Crippen LogP contribution in [0.4, 0.5) is 8.78 Å². The minimum absolute atomic E-state index is 0. The molecule has 0 saturated carbocycles. The zero-order chi connectivity index (χ0) is 9.24. The molecule has 0 radical (unpaired) electrons. The molecule has 1 aliphatic rings. The van der Waals surface area contributed by atoms with Gasteiger partial charge in [-0.05, 0) is 12.8 Å². The van der Waals surface area contributed by atoms with Crippen LogP contribution in [0.2, 0.25) is 0 Å². The van der Waals surface area contributed by atoms with Gasteiger partial charge in [-0.1, -0.05) is 13.8 Å². The van der Waals surface area contributed by atoms with E-state index in [9.17, 15) is 8.78 Å². The third-order valence-corrected chi connectivity index (χ3v) is 3.21. The summed E-state index contributed by atoms with van der Waals surface area (Å²) in [4.78, 5) is 0. The second-order valence-electron chi connectivity index (χ2n) is 3.62. The molecule has 1 nitrogen and oxygen atoms in total. The minimum atomic E-state index is -2.47. The van der Waals surface area contributed by atoms with E-state index < -0.39 is 11.3 Å². The van der Waals surface area contributed by atoms with Crippen molar-refractivity contribution >= 4 is 12.4 Å². The average molecular weight is 214 g/mol. The Kier molecular flexibility index (Phi) is 4.60.